The van der Waals surface area contributed by atoms with Crippen molar-refractivity contribution in [3.8, 4) is 0 Å². The van der Waals surface area contributed by atoms with Crippen LogP contribution in [0.5, 0.6) is 0 Å². The molecular weight excluding hydrogens is 222 g/mol. The van der Waals surface area contributed by atoms with Gasteiger partial charge >= 0.3 is 0 Å². The topological polar surface area (TPSA) is 21.3 Å². The zero-order valence-corrected chi connectivity index (χ0v) is 13.0. The second kappa shape index (κ2) is 8.16. The van der Waals surface area contributed by atoms with E-state index in [0.29, 0.717) is 12.2 Å². The van der Waals surface area contributed by atoms with Gasteiger partial charge in [0.1, 0.15) is 0 Å². The molecule has 1 N–H and O–H groups in total. The van der Waals surface area contributed by atoms with Gasteiger partial charge in [-0.3, -0.25) is 0 Å². The Balaban J connectivity index is 2.30. The summed E-state index contributed by atoms with van der Waals surface area (Å²) in [7, 11) is 0. The lowest BCUT2D eigenvalue weighted by Crippen LogP contribution is -2.29. The molecule has 1 aliphatic heterocycles. The fraction of sp³-hybridized carbons (Fsp3) is 1.00. The van der Waals surface area contributed by atoms with E-state index in [0.717, 1.165) is 30.8 Å². The molecule has 1 rings (SSSR count). The summed E-state index contributed by atoms with van der Waals surface area (Å²) in [6.07, 6.45) is 6.08. The number of ether oxygens (including phenoxy) is 1. The summed E-state index contributed by atoms with van der Waals surface area (Å²) in [6.45, 7) is 13.7. The van der Waals surface area contributed by atoms with Crippen LogP contribution >= 0.6 is 0 Å². The Labute approximate surface area is 114 Å². The molecule has 0 amide bonds. The predicted octanol–water partition coefficient (Wildman–Crippen LogP) is 3.85. The SMILES string of the molecule is CC(C)CNCC(CC(C)C)CC1CCC(C)O1. The average Bonchev–Trinajstić information content (AvgIpc) is 2.62. The highest BCUT2D eigenvalue weighted by Crippen LogP contribution is 2.27. The molecule has 1 heterocycles. The Morgan fingerprint density at radius 2 is 1.78 bits per heavy atom. The highest BCUT2D eigenvalue weighted by molar-refractivity contribution is 4.76. The third kappa shape index (κ3) is 6.75. The molecule has 1 saturated heterocycles. The second-order valence-electron chi connectivity index (χ2n) is 6.93. The molecule has 2 nitrogen and oxygen atoms in total. The fourth-order valence-electron chi connectivity index (χ4n) is 2.94. The summed E-state index contributed by atoms with van der Waals surface area (Å²) in [5.41, 5.74) is 0. The molecule has 0 bridgehead atoms. The van der Waals surface area contributed by atoms with Crippen LogP contribution in [-0.4, -0.2) is 25.3 Å². The van der Waals surface area contributed by atoms with Crippen molar-refractivity contribution in [2.45, 2.75) is 72.5 Å². The van der Waals surface area contributed by atoms with Crippen LogP contribution in [0.25, 0.3) is 0 Å². The lowest BCUT2D eigenvalue weighted by Gasteiger charge is -2.23. The number of nitrogens with one attached hydrogen (secondary N) is 1. The average molecular weight is 255 g/mol. The van der Waals surface area contributed by atoms with Crippen molar-refractivity contribution >= 4 is 0 Å². The van der Waals surface area contributed by atoms with Gasteiger partial charge in [-0.25, -0.2) is 0 Å². The van der Waals surface area contributed by atoms with Crippen molar-refractivity contribution in [2.75, 3.05) is 13.1 Å². The molecule has 1 aliphatic rings. The van der Waals surface area contributed by atoms with E-state index >= 15 is 0 Å². The van der Waals surface area contributed by atoms with Gasteiger partial charge in [0.2, 0.25) is 0 Å². The molecule has 18 heavy (non-hydrogen) atoms. The summed E-state index contributed by atoms with van der Waals surface area (Å²) in [5, 5.41) is 3.62. The minimum Gasteiger partial charge on any atom is -0.375 e. The van der Waals surface area contributed by atoms with Crippen molar-refractivity contribution in [3.63, 3.8) is 0 Å². The fourth-order valence-corrected chi connectivity index (χ4v) is 2.94. The summed E-state index contributed by atoms with van der Waals surface area (Å²) < 4.78 is 5.97. The molecule has 2 heteroatoms. The van der Waals surface area contributed by atoms with E-state index in [1.165, 1.54) is 25.7 Å². The Morgan fingerprint density at radius 1 is 1.06 bits per heavy atom. The van der Waals surface area contributed by atoms with E-state index in [4.69, 9.17) is 4.74 Å². The monoisotopic (exact) mass is 255 g/mol. The highest BCUT2D eigenvalue weighted by atomic mass is 16.5. The van der Waals surface area contributed by atoms with Crippen molar-refractivity contribution < 1.29 is 4.74 Å². The van der Waals surface area contributed by atoms with Gasteiger partial charge in [-0.1, -0.05) is 27.7 Å². The van der Waals surface area contributed by atoms with Gasteiger partial charge in [-0.05, 0) is 63.5 Å². The normalized spacial score (nSPS) is 26.2. The molecule has 1 fully saturated rings. The zero-order valence-electron chi connectivity index (χ0n) is 13.0. The molecular formula is C16H33NO. The summed E-state index contributed by atoms with van der Waals surface area (Å²) in [6, 6.07) is 0. The third-order valence-corrected chi connectivity index (χ3v) is 3.71. The molecule has 0 radical (unpaired) electrons. The smallest absolute Gasteiger partial charge is 0.0582 e. The number of hydrogen-bond acceptors (Lipinski definition) is 2. The maximum Gasteiger partial charge on any atom is 0.0582 e. The van der Waals surface area contributed by atoms with Crippen LogP contribution in [0.3, 0.4) is 0 Å². The molecule has 0 saturated carbocycles. The first-order chi connectivity index (χ1) is 8.47. The van der Waals surface area contributed by atoms with E-state index in [1.807, 2.05) is 0 Å². The zero-order chi connectivity index (χ0) is 13.5. The van der Waals surface area contributed by atoms with Gasteiger partial charge in [0.05, 0.1) is 12.2 Å². The number of hydrogen-bond donors (Lipinski definition) is 1. The number of rotatable bonds is 8. The second-order valence-corrected chi connectivity index (χ2v) is 6.93. The van der Waals surface area contributed by atoms with Gasteiger partial charge < -0.3 is 10.1 Å². The van der Waals surface area contributed by atoms with Gasteiger partial charge in [0, 0.05) is 0 Å². The van der Waals surface area contributed by atoms with Gasteiger partial charge in [0.25, 0.3) is 0 Å². The minimum absolute atomic E-state index is 0.485. The van der Waals surface area contributed by atoms with Gasteiger partial charge in [-0.2, -0.15) is 0 Å². The quantitative estimate of drug-likeness (QED) is 0.711. The van der Waals surface area contributed by atoms with Crippen LogP contribution in [0.2, 0.25) is 0 Å². The van der Waals surface area contributed by atoms with Gasteiger partial charge in [-0.15, -0.1) is 0 Å². The van der Waals surface area contributed by atoms with Crippen LogP contribution in [0.15, 0.2) is 0 Å². The lowest BCUT2D eigenvalue weighted by atomic mass is 9.91. The van der Waals surface area contributed by atoms with Gasteiger partial charge in [0.15, 0.2) is 0 Å². The largest absolute Gasteiger partial charge is 0.375 e. The highest BCUT2D eigenvalue weighted by Gasteiger charge is 2.25. The maximum atomic E-state index is 5.97. The molecule has 3 unspecified atom stereocenters. The van der Waals surface area contributed by atoms with Crippen molar-refractivity contribution in [1.82, 2.24) is 5.32 Å². The third-order valence-electron chi connectivity index (χ3n) is 3.71. The van der Waals surface area contributed by atoms with Crippen LogP contribution in [-0.2, 0) is 4.74 Å². The maximum absolute atomic E-state index is 5.97. The van der Waals surface area contributed by atoms with Crippen molar-refractivity contribution in [3.05, 3.63) is 0 Å². The van der Waals surface area contributed by atoms with Crippen molar-refractivity contribution in [2.24, 2.45) is 17.8 Å². The molecule has 0 aromatic rings. The Morgan fingerprint density at radius 3 is 2.28 bits per heavy atom. The van der Waals surface area contributed by atoms with Crippen LogP contribution in [0.4, 0.5) is 0 Å². The van der Waals surface area contributed by atoms with Crippen LogP contribution in [0, 0.1) is 17.8 Å². The summed E-state index contributed by atoms with van der Waals surface area (Å²) >= 11 is 0. The predicted molar refractivity (Wildman–Crippen MR) is 78.8 cm³/mol. The molecule has 0 aromatic heterocycles. The van der Waals surface area contributed by atoms with Crippen LogP contribution in [0.1, 0.15) is 60.3 Å². The first-order valence-corrected chi connectivity index (χ1v) is 7.83. The van der Waals surface area contributed by atoms with E-state index < -0.39 is 0 Å². The molecule has 108 valence electrons. The first-order valence-electron chi connectivity index (χ1n) is 7.83. The Hall–Kier alpha value is -0.0800. The lowest BCUT2D eigenvalue weighted by molar-refractivity contribution is 0.0387. The molecule has 3 atom stereocenters. The Bertz CT molecular complexity index is 215. The van der Waals surface area contributed by atoms with E-state index in [-0.39, 0.29) is 0 Å². The van der Waals surface area contributed by atoms with Crippen molar-refractivity contribution in [1.29, 1.82) is 0 Å². The van der Waals surface area contributed by atoms with E-state index in [2.05, 4.69) is 39.9 Å². The molecule has 0 aromatic carbocycles. The van der Waals surface area contributed by atoms with E-state index in [9.17, 15) is 0 Å². The minimum atomic E-state index is 0.485. The van der Waals surface area contributed by atoms with Crippen LogP contribution < -0.4 is 5.32 Å². The Kier molecular flexibility index (Phi) is 7.25. The van der Waals surface area contributed by atoms with E-state index in [1.54, 1.807) is 0 Å². The summed E-state index contributed by atoms with van der Waals surface area (Å²) in [5.74, 6) is 2.31. The molecule has 0 aliphatic carbocycles. The first kappa shape index (κ1) is 16.0. The summed E-state index contributed by atoms with van der Waals surface area (Å²) in [4.78, 5) is 0. The standard InChI is InChI=1S/C16H33NO/c1-12(2)8-15(11-17-10-13(3)4)9-16-7-6-14(5)18-16/h12-17H,6-11H2,1-5H3. The molecule has 0 spiro atoms.